The molecule has 1 aromatic carbocycles. The van der Waals surface area contributed by atoms with Gasteiger partial charge in [-0.2, -0.15) is 0 Å². The van der Waals surface area contributed by atoms with Gasteiger partial charge in [0.25, 0.3) is 0 Å². The van der Waals surface area contributed by atoms with Gasteiger partial charge in [-0.15, -0.1) is 0 Å². The van der Waals surface area contributed by atoms with Gasteiger partial charge in [-0.25, -0.2) is 0 Å². The largest absolute Gasteiger partial charge is 0.366 e. The summed E-state index contributed by atoms with van der Waals surface area (Å²) in [5, 5.41) is 3.44. The highest BCUT2D eigenvalue weighted by Gasteiger charge is 2.41. The van der Waals surface area contributed by atoms with E-state index in [0.717, 1.165) is 12.0 Å². The second kappa shape index (κ2) is 2.74. The maximum absolute atomic E-state index is 3.44. The lowest BCUT2D eigenvalue weighted by molar-refractivity contribution is 0.365. The topological polar surface area (TPSA) is 15.3 Å². The SMILES string of the molecule is c1ccc(N2CC3CNCC32)cc1. The van der Waals surface area contributed by atoms with E-state index < -0.39 is 0 Å². The Bertz CT molecular complexity index is 296. The first-order valence-corrected chi connectivity index (χ1v) is 4.97. The number of nitrogens with one attached hydrogen (secondary N) is 1. The lowest BCUT2D eigenvalue weighted by Crippen LogP contribution is -2.55. The average molecular weight is 174 g/mol. The van der Waals surface area contributed by atoms with E-state index in [1.165, 1.54) is 25.3 Å². The van der Waals surface area contributed by atoms with Crippen LogP contribution in [0.25, 0.3) is 0 Å². The van der Waals surface area contributed by atoms with Crippen molar-refractivity contribution in [2.45, 2.75) is 6.04 Å². The van der Waals surface area contributed by atoms with Crippen LogP contribution in [0.1, 0.15) is 0 Å². The van der Waals surface area contributed by atoms with Crippen molar-refractivity contribution in [2.24, 2.45) is 5.92 Å². The van der Waals surface area contributed by atoms with Crippen LogP contribution < -0.4 is 10.2 Å². The van der Waals surface area contributed by atoms with E-state index in [0.29, 0.717) is 0 Å². The Morgan fingerprint density at radius 3 is 2.77 bits per heavy atom. The molecule has 2 fully saturated rings. The molecular formula is C11H14N2. The van der Waals surface area contributed by atoms with Crippen molar-refractivity contribution in [1.82, 2.24) is 5.32 Å². The average Bonchev–Trinajstić information content (AvgIpc) is 2.50. The van der Waals surface area contributed by atoms with E-state index in [9.17, 15) is 0 Å². The van der Waals surface area contributed by atoms with Gasteiger partial charge in [-0.05, 0) is 12.1 Å². The number of fused-ring (bicyclic) bond motifs is 1. The van der Waals surface area contributed by atoms with E-state index in [1.807, 2.05) is 0 Å². The lowest BCUT2D eigenvalue weighted by Gasteiger charge is -2.45. The van der Waals surface area contributed by atoms with Crippen molar-refractivity contribution >= 4 is 5.69 Å². The number of rotatable bonds is 1. The second-order valence-corrected chi connectivity index (χ2v) is 3.97. The maximum Gasteiger partial charge on any atom is 0.0471 e. The summed E-state index contributed by atoms with van der Waals surface area (Å²) < 4.78 is 0. The molecule has 2 aliphatic rings. The third kappa shape index (κ3) is 1.05. The first-order chi connectivity index (χ1) is 6.45. The van der Waals surface area contributed by atoms with Crippen molar-refractivity contribution in [2.75, 3.05) is 24.5 Å². The number of anilines is 1. The Hall–Kier alpha value is -1.02. The van der Waals surface area contributed by atoms with Gasteiger partial charge in [0, 0.05) is 37.3 Å². The van der Waals surface area contributed by atoms with Gasteiger partial charge >= 0.3 is 0 Å². The van der Waals surface area contributed by atoms with Crippen LogP contribution in [0.2, 0.25) is 0 Å². The first kappa shape index (κ1) is 7.39. The molecule has 2 heterocycles. The molecule has 2 aliphatic heterocycles. The van der Waals surface area contributed by atoms with Gasteiger partial charge in [0.2, 0.25) is 0 Å². The fourth-order valence-electron chi connectivity index (χ4n) is 2.44. The smallest absolute Gasteiger partial charge is 0.0471 e. The standard InChI is InChI=1S/C11H14N2/c1-2-4-10(5-3-1)13-8-9-6-12-7-11(9)13/h1-5,9,11-12H,6-8H2. The maximum atomic E-state index is 3.44. The van der Waals surface area contributed by atoms with E-state index in [1.54, 1.807) is 0 Å². The molecule has 68 valence electrons. The van der Waals surface area contributed by atoms with Gasteiger partial charge in [0.15, 0.2) is 0 Å². The van der Waals surface area contributed by atoms with Gasteiger partial charge in [0.1, 0.15) is 0 Å². The zero-order valence-corrected chi connectivity index (χ0v) is 7.61. The minimum Gasteiger partial charge on any atom is -0.366 e. The number of hydrogen-bond donors (Lipinski definition) is 1. The molecule has 2 saturated heterocycles. The van der Waals surface area contributed by atoms with Crippen molar-refractivity contribution in [3.8, 4) is 0 Å². The van der Waals surface area contributed by atoms with Gasteiger partial charge in [-0.1, -0.05) is 18.2 Å². The van der Waals surface area contributed by atoms with E-state index in [2.05, 4.69) is 40.5 Å². The fraction of sp³-hybridized carbons (Fsp3) is 0.455. The number of benzene rings is 1. The van der Waals surface area contributed by atoms with Crippen LogP contribution in [0.3, 0.4) is 0 Å². The molecule has 1 aromatic rings. The predicted molar refractivity (Wildman–Crippen MR) is 53.9 cm³/mol. The zero-order valence-electron chi connectivity index (χ0n) is 7.61. The summed E-state index contributed by atoms with van der Waals surface area (Å²) in [6.07, 6.45) is 0. The van der Waals surface area contributed by atoms with E-state index in [4.69, 9.17) is 0 Å². The molecule has 2 heteroatoms. The van der Waals surface area contributed by atoms with E-state index >= 15 is 0 Å². The summed E-state index contributed by atoms with van der Waals surface area (Å²) in [5.74, 6) is 0.903. The van der Waals surface area contributed by atoms with Crippen LogP contribution in [0.5, 0.6) is 0 Å². The quantitative estimate of drug-likeness (QED) is 0.685. The summed E-state index contributed by atoms with van der Waals surface area (Å²) in [7, 11) is 0. The zero-order chi connectivity index (χ0) is 8.67. The Kier molecular flexibility index (Phi) is 1.56. The monoisotopic (exact) mass is 174 g/mol. The molecule has 0 amide bonds. The van der Waals surface area contributed by atoms with E-state index in [-0.39, 0.29) is 0 Å². The third-order valence-electron chi connectivity index (χ3n) is 3.22. The van der Waals surface area contributed by atoms with Gasteiger partial charge in [0.05, 0.1) is 0 Å². The molecule has 0 saturated carbocycles. The summed E-state index contributed by atoms with van der Waals surface area (Å²) in [4.78, 5) is 2.50. The normalized spacial score (nSPS) is 31.2. The van der Waals surface area contributed by atoms with Crippen molar-refractivity contribution in [1.29, 1.82) is 0 Å². The molecule has 1 N–H and O–H groups in total. The molecule has 3 rings (SSSR count). The van der Waals surface area contributed by atoms with Crippen LogP contribution in [0.4, 0.5) is 5.69 Å². The molecule has 0 radical (unpaired) electrons. The summed E-state index contributed by atoms with van der Waals surface area (Å²) in [5.41, 5.74) is 1.38. The van der Waals surface area contributed by atoms with Crippen LogP contribution in [-0.4, -0.2) is 25.7 Å². The molecule has 0 aliphatic carbocycles. The van der Waals surface area contributed by atoms with Crippen molar-refractivity contribution < 1.29 is 0 Å². The number of para-hydroxylation sites is 1. The molecule has 2 atom stereocenters. The summed E-state index contributed by atoms with van der Waals surface area (Å²) in [6, 6.07) is 11.5. The highest BCUT2D eigenvalue weighted by molar-refractivity contribution is 5.51. The van der Waals surface area contributed by atoms with Gasteiger partial charge in [-0.3, -0.25) is 0 Å². The Morgan fingerprint density at radius 2 is 2.00 bits per heavy atom. The van der Waals surface area contributed by atoms with Crippen LogP contribution >= 0.6 is 0 Å². The lowest BCUT2D eigenvalue weighted by atomic mass is 9.91. The minimum absolute atomic E-state index is 0.766. The van der Waals surface area contributed by atoms with Crippen LogP contribution in [-0.2, 0) is 0 Å². The fourth-order valence-corrected chi connectivity index (χ4v) is 2.44. The first-order valence-electron chi connectivity index (χ1n) is 4.97. The molecular weight excluding hydrogens is 160 g/mol. The summed E-state index contributed by atoms with van der Waals surface area (Å²) >= 11 is 0. The van der Waals surface area contributed by atoms with Crippen molar-refractivity contribution in [3.05, 3.63) is 30.3 Å². The molecule has 13 heavy (non-hydrogen) atoms. The molecule has 2 nitrogen and oxygen atoms in total. The van der Waals surface area contributed by atoms with Crippen molar-refractivity contribution in [3.63, 3.8) is 0 Å². The summed E-state index contributed by atoms with van der Waals surface area (Å²) in [6.45, 7) is 3.62. The number of nitrogens with zero attached hydrogens (tertiary/aromatic N) is 1. The molecule has 0 bridgehead atoms. The highest BCUT2D eigenvalue weighted by Crippen LogP contribution is 2.32. The Labute approximate surface area is 78.6 Å². The Morgan fingerprint density at radius 1 is 1.15 bits per heavy atom. The Balaban J connectivity index is 1.81. The molecule has 2 unspecified atom stereocenters. The predicted octanol–water partition coefficient (Wildman–Crippen LogP) is 1.09. The molecule has 0 aromatic heterocycles. The third-order valence-corrected chi connectivity index (χ3v) is 3.22. The van der Waals surface area contributed by atoms with Crippen LogP contribution in [0, 0.1) is 5.92 Å². The second-order valence-electron chi connectivity index (χ2n) is 3.97. The van der Waals surface area contributed by atoms with Crippen LogP contribution in [0.15, 0.2) is 30.3 Å². The van der Waals surface area contributed by atoms with Gasteiger partial charge < -0.3 is 10.2 Å². The molecule has 0 spiro atoms. The highest BCUT2D eigenvalue weighted by atomic mass is 15.3. The minimum atomic E-state index is 0.766. The number of hydrogen-bond acceptors (Lipinski definition) is 2.